The van der Waals surface area contributed by atoms with Gasteiger partial charge in [0.15, 0.2) is 11.5 Å². The molecule has 3 aromatic rings. The molecule has 2 aliphatic rings. The number of fused-ring (bicyclic) bond motifs is 2. The number of aryl methyl sites for hydroxylation is 1. The van der Waals surface area contributed by atoms with Crippen molar-refractivity contribution in [2.45, 2.75) is 12.8 Å². The lowest BCUT2D eigenvalue weighted by Crippen LogP contribution is -2.39. The van der Waals surface area contributed by atoms with Gasteiger partial charge in [-0.1, -0.05) is 30.3 Å². The Bertz CT molecular complexity index is 1190. The van der Waals surface area contributed by atoms with Crippen molar-refractivity contribution in [3.63, 3.8) is 0 Å². The minimum atomic E-state index is -0.273. The number of hydrogen-bond acceptors (Lipinski definition) is 5. The number of ether oxygens (including phenoxy) is 2. The van der Waals surface area contributed by atoms with E-state index in [0.29, 0.717) is 48.2 Å². The van der Waals surface area contributed by atoms with Crippen LogP contribution in [-0.2, 0) is 11.2 Å². The van der Waals surface area contributed by atoms with E-state index in [0.717, 1.165) is 18.5 Å². The average Bonchev–Trinajstić information content (AvgIpc) is 2.87. The van der Waals surface area contributed by atoms with Gasteiger partial charge in [-0.05, 0) is 48.7 Å². The Hall–Kier alpha value is -4.00. The van der Waals surface area contributed by atoms with Crippen LogP contribution in [0.25, 0.3) is 0 Å². The maximum Gasteiger partial charge on any atom is 0.257 e. The van der Waals surface area contributed by atoms with Crippen molar-refractivity contribution in [2.75, 3.05) is 41.8 Å². The zero-order valence-corrected chi connectivity index (χ0v) is 18.2. The normalized spacial score (nSPS) is 14.2. The molecule has 0 unspecified atom stereocenters. The molecule has 0 saturated carbocycles. The third kappa shape index (κ3) is 4.48. The summed E-state index contributed by atoms with van der Waals surface area (Å²) < 4.78 is 11.1. The fraction of sp³-hybridized carbons (Fsp3) is 0.231. The summed E-state index contributed by atoms with van der Waals surface area (Å²) in [5, 5.41) is 6.06. The van der Waals surface area contributed by atoms with Crippen LogP contribution < -0.4 is 25.0 Å². The van der Waals surface area contributed by atoms with Crippen molar-refractivity contribution in [3.05, 3.63) is 77.9 Å². The van der Waals surface area contributed by atoms with Gasteiger partial charge in [0.05, 0.1) is 12.1 Å². The highest BCUT2D eigenvalue weighted by atomic mass is 16.6. The standard InChI is InChI=1S/C26H25N3O4/c30-25(29-13-5-7-18-6-1-4-10-22(18)29)17-27-21-9-3-2-8-20(21)26(31)28-19-11-12-23-24(16-19)33-15-14-32-23/h1-4,6,8-12,16,27H,5,7,13-15,17H2,(H,28,31). The molecular weight excluding hydrogens is 418 g/mol. The Morgan fingerprint density at radius 2 is 1.70 bits per heavy atom. The molecule has 0 bridgehead atoms. The number of hydrogen-bond donors (Lipinski definition) is 2. The first-order valence-corrected chi connectivity index (χ1v) is 11.1. The number of carbonyl (C=O) groups is 2. The largest absolute Gasteiger partial charge is 0.486 e. The highest BCUT2D eigenvalue weighted by molar-refractivity contribution is 6.08. The highest BCUT2D eigenvalue weighted by Gasteiger charge is 2.22. The summed E-state index contributed by atoms with van der Waals surface area (Å²) in [6.07, 6.45) is 1.92. The summed E-state index contributed by atoms with van der Waals surface area (Å²) in [6, 6.07) is 20.5. The number of nitrogens with zero attached hydrogens (tertiary/aromatic N) is 1. The molecule has 7 heteroatoms. The number of rotatable bonds is 5. The first-order valence-electron chi connectivity index (χ1n) is 11.1. The molecule has 0 aliphatic carbocycles. The van der Waals surface area contributed by atoms with Crippen molar-refractivity contribution in [1.82, 2.24) is 0 Å². The summed E-state index contributed by atoms with van der Waals surface area (Å²) in [7, 11) is 0. The summed E-state index contributed by atoms with van der Waals surface area (Å²) in [6.45, 7) is 1.79. The van der Waals surface area contributed by atoms with Crippen molar-refractivity contribution >= 4 is 28.9 Å². The molecule has 0 saturated heterocycles. The second-order valence-corrected chi connectivity index (χ2v) is 7.99. The van der Waals surface area contributed by atoms with Crippen LogP contribution in [0.4, 0.5) is 17.1 Å². The fourth-order valence-corrected chi connectivity index (χ4v) is 4.21. The molecule has 0 aromatic heterocycles. The van der Waals surface area contributed by atoms with Gasteiger partial charge in [-0.3, -0.25) is 9.59 Å². The van der Waals surface area contributed by atoms with E-state index in [2.05, 4.69) is 16.7 Å². The lowest BCUT2D eigenvalue weighted by Gasteiger charge is -2.29. The molecule has 168 valence electrons. The smallest absolute Gasteiger partial charge is 0.257 e. The monoisotopic (exact) mass is 443 g/mol. The number of para-hydroxylation sites is 2. The quantitative estimate of drug-likeness (QED) is 0.621. The Morgan fingerprint density at radius 3 is 2.61 bits per heavy atom. The maximum atomic E-state index is 13.0. The second-order valence-electron chi connectivity index (χ2n) is 7.99. The van der Waals surface area contributed by atoms with Gasteiger partial charge in [0.2, 0.25) is 5.91 Å². The van der Waals surface area contributed by atoms with E-state index in [9.17, 15) is 9.59 Å². The number of carbonyl (C=O) groups excluding carboxylic acids is 2. The summed E-state index contributed by atoms with van der Waals surface area (Å²) in [4.78, 5) is 27.8. The second kappa shape index (κ2) is 9.24. The van der Waals surface area contributed by atoms with Gasteiger partial charge in [0, 0.05) is 29.7 Å². The lowest BCUT2D eigenvalue weighted by atomic mass is 10.0. The van der Waals surface area contributed by atoms with Crippen molar-refractivity contribution in [3.8, 4) is 11.5 Å². The summed E-state index contributed by atoms with van der Waals surface area (Å²) >= 11 is 0. The molecule has 7 nitrogen and oxygen atoms in total. The first-order chi connectivity index (χ1) is 16.2. The molecule has 0 radical (unpaired) electrons. The predicted molar refractivity (Wildman–Crippen MR) is 127 cm³/mol. The minimum Gasteiger partial charge on any atom is -0.486 e. The topological polar surface area (TPSA) is 79.9 Å². The molecular formula is C26H25N3O4. The van der Waals surface area contributed by atoms with Crippen LogP contribution in [0, 0.1) is 0 Å². The molecule has 33 heavy (non-hydrogen) atoms. The Kier molecular flexibility index (Phi) is 5.85. The summed E-state index contributed by atoms with van der Waals surface area (Å²) in [5.41, 5.74) is 3.84. The van der Waals surface area contributed by atoms with Crippen LogP contribution >= 0.6 is 0 Å². The number of anilines is 3. The van der Waals surface area contributed by atoms with E-state index < -0.39 is 0 Å². The van der Waals surface area contributed by atoms with Crippen molar-refractivity contribution < 1.29 is 19.1 Å². The molecule has 0 spiro atoms. The zero-order valence-electron chi connectivity index (χ0n) is 18.2. The average molecular weight is 444 g/mol. The van der Waals surface area contributed by atoms with E-state index in [4.69, 9.17) is 9.47 Å². The Morgan fingerprint density at radius 1 is 0.909 bits per heavy atom. The zero-order chi connectivity index (χ0) is 22.6. The molecule has 2 amide bonds. The molecule has 0 fully saturated rings. The number of benzene rings is 3. The Labute approximate surface area is 192 Å². The van der Waals surface area contributed by atoms with E-state index in [1.165, 1.54) is 5.56 Å². The third-order valence-corrected chi connectivity index (χ3v) is 5.81. The van der Waals surface area contributed by atoms with Gasteiger partial charge in [0.1, 0.15) is 13.2 Å². The molecule has 2 N–H and O–H groups in total. The van der Waals surface area contributed by atoms with Gasteiger partial charge in [-0.2, -0.15) is 0 Å². The van der Waals surface area contributed by atoms with Crippen molar-refractivity contribution in [1.29, 1.82) is 0 Å². The molecule has 5 rings (SSSR count). The van der Waals surface area contributed by atoms with Crippen molar-refractivity contribution in [2.24, 2.45) is 0 Å². The lowest BCUT2D eigenvalue weighted by molar-refractivity contribution is -0.117. The van der Waals surface area contributed by atoms with Gasteiger partial charge < -0.3 is 25.0 Å². The highest BCUT2D eigenvalue weighted by Crippen LogP contribution is 2.33. The maximum absolute atomic E-state index is 13.0. The first kappa shape index (κ1) is 20.9. The number of amides is 2. The van der Waals surface area contributed by atoms with Gasteiger partial charge in [0.25, 0.3) is 5.91 Å². The molecule has 2 heterocycles. The van der Waals surface area contributed by atoms with Gasteiger partial charge in [-0.15, -0.1) is 0 Å². The molecule has 0 atom stereocenters. The SMILES string of the molecule is O=C(Nc1ccc2c(c1)OCCO2)c1ccccc1NCC(=O)N1CCCc2ccccc21. The van der Waals surface area contributed by atoms with Crippen LogP contribution in [0.3, 0.4) is 0 Å². The van der Waals surface area contributed by atoms with Crippen LogP contribution in [0.1, 0.15) is 22.3 Å². The molecule has 2 aliphatic heterocycles. The van der Waals surface area contributed by atoms with Crippen LogP contribution in [0.5, 0.6) is 11.5 Å². The van der Waals surface area contributed by atoms with E-state index in [1.54, 1.807) is 36.4 Å². The predicted octanol–water partition coefficient (Wildman–Crippen LogP) is 4.10. The van der Waals surface area contributed by atoms with Crippen LogP contribution in [0.15, 0.2) is 66.7 Å². The summed E-state index contributed by atoms with van der Waals surface area (Å²) in [5.74, 6) is 0.978. The number of nitrogens with one attached hydrogen (secondary N) is 2. The van der Waals surface area contributed by atoms with E-state index >= 15 is 0 Å². The van der Waals surface area contributed by atoms with E-state index in [-0.39, 0.29) is 18.4 Å². The Balaban J connectivity index is 1.27. The molecule has 3 aromatic carbocycles. The fourth-order valence-electron chi connectivity index (χ4n) is 4.21. The minimum absolute atomic E-state index is 0.0239. The van der Waals surface area contributed by atoms with Gasteiger partial charge in [-0.25, -0.2) is 0 Å². The van der Waals surface area contributed by atoms with Crippen LogP contribution in [0.2, 0.25) is 0 Å². The van der Waals surface area contributed by atoms with Crippen LogP contribution in [-0.4, -0.2) is 38.1 Å². The van der Waals surface area contributed by atoms with E-state index in [1.807, 2.05) is 29.2 Å². The third-order valence-electron chi connectivity index (χ3n) is 5.81. The van der Waals surface area contributed by atoms with Gasteiger partial charge >= 0.3 is 0 Å².